The Hall–Kier alpha value is -2.73. The normalized spacial score (nSPS) is 18.9. The van der Waals surface area contributed by atoms with Crippen LogP contribution in [0.2, 0.25) is 0 Å². The van der Waals surface area contributed by atoms with E-state index in [9.17, 15) is 14.4 Å². The van der Waals surface area contributed by atoms with Gasteiger partial charge in [-0.1, -0.05) is 44.2 Å². The van der Waals surface area contributed by atoms with Crippen LogP contribution >= 0.6 is 0 Å². The van der Waals surface area contributed by atoms with Crippen LogP contribution in [0.4, 0.5) is 0 Å². The first-order valence-corrected chi connectivity index (χ1v) is 10.6. The number of aromatic amines is 1. The Morgan fingerprint density at radius 2 is 1.83 bits per heavy atom. The maximum atomic E-state index is 13.0. The van der Waals surface area contributed by atoms with Crippen LogP contribution in [0, 0.1) is 5.41 Å². The monoisotopic (exact) mass is 408 g/mol. The third kappa shape index (κ3) is 4.38. The molecule has 1 aromatic carbocycles. The van der Waals surface area contributed by atoms with Gasteiger partial charge in [0.15, 0.2) is 5.78 Å². The average Bonchev–Trinajstić information content (AvgIpc) is 2.71. The Kier molecular flexibility index (Phi) is 5.60. The number of carbonyl (C=O) groups excluding carboxylic acids is 2. The van der Waals surface area contributed by atoms with E-state index in [0.29, 0.717) is 43.8 Å². The molecule has 1 aromatic heterocycles. The van der Waals surface area contributed by atoms with Gasteiger partial charge < -0.3 is 14.6 Å². The van der Waals surface area contributed by atoms with Crippen LogP contribution in [0.3, 0.4) is 0 Å². The minimum Gasteiger partial charge on any atom is -0.373 e. The highest BCUT2D eigenvalue weighted by Gasteiger charge is 2.33. The van der Waals surface area contributed by atoms with E-state index in [4.69, 9.17) is 4.74 Å². The highest BCUT2D eigenvalue weighted by molar-refractivity contribution is 6.02. The lowest BCUT2D eigenvalue weighted by atomic mass is 9.75. The first kappa shape index (κ1) is 20.5. The first-order valence-electron chi connectivity index (χ1n) is 10.6. The van der Waals surface area contributed by atoms with Crippen molar-refractivity contribution in [1.82, 2.24) is 9.88 Å². The summed E-state index contributed by atoms with van der Waals surface area (Å²) in [6.45, 7) is 5.65. The number of likely N-dealkylation sites (tertiary alicyclic amines) is 1. The predicted octanol–water partition coefficient (Wildman–Crippen LogP) is 3.35. The molecular formula is C24H28N2O4. The van der Waals surface area contributed by atoms with Crippen molar-refractivity contribution in [2.75, 3.05) is 13.1 Å². The van der Waals surface area contributed by atoms with Crippen LogP contribution in [0.5, 0.6) is 0 Å². The maximum absolute atomic E-state index is 13.0. The van der Waals surface area contributed by atoms with Crippen LogP contribution in [-0.2, 0) is 17.8 Å². The lowest BCUT2D eigenvalue weighted by molar-refractivity contribution is -0.000418. The van der Waals surface area contributed by atoms with Gasteiger partial charge in [-0.15, -0.1) is 0 Å². The zero-order valence-electron chi connectivity index (χ0n) is 17.6. The summed E-state index contributed by atoms with van der Waals surface area (Å²) in [6.07, 6.45) is 2.61. The van der Waals surface area contributed by atoms with E-state index in [0.717, 1.165) is 18.4 Å². The molecule has 1 N–H and O–H groups in total. The van der Waals surface area contributed by atoms with Crippen molar-refractivity contribution >= 4 is 11.7 Å². The Labute approximate surface area is 176 Å². The van der Waals surface area contributed by atoms with Crippen molar-refractivity contribution in [1.29, 1.82) is 0 Å². The summed E-state index contributed by atoms with van der Waals surface area (Å²) in [6, 6.07) is 11.5. The number of carbonyl (C=O) groups is 2. The molecule has 0 saturated carbocycles. The number of benzene rings is 1. The summed E-state index contributed by atoms with van der Waals surface area (Å²) in [5.74, 6) is -0.322. The third-order valence-electron chi connectivity index (χ3n) is 6.01. The molecule has 0 bridgehead atoms. The zero-order chi connectivity index (χ0) is 21.3. The summed E-state index contributed by atoms with van der Waals surface area (Å²) >= 11 is 0. The van der Waals surface area contributed by atoms with Gasteiger partial charge in [-0.2, -0.15) is 0 Å². The van der Waals surface area contributed by atoms with Gasteiger partial charge in [0, 0.05) is 30.8 Å². The fourth-order valence-corrected chi connectivity index (χ4v) is 4.37. The van der Waals surface area contributed by atoms with E-state index in [-0.39, 0.29) is 28.8 Å². The molecule has 30 heavy (non-hydrogen) atoms. The van der Waals surface area contributed by atoms with E-state index < -0.39 is 5.56 Å². The van der Waals surface area contributed by atoms with Gasteiger partial charge in [-0.25, -0.2) is 0 Å². The number of Topliss-reactive ketones (excluding diaryl/α,β-unsaturated/α-hetero) is 1. The molecule has 0 atom stereocenters. The third-order valence-corrected chi connectivity index (χ3v) is 6.01. The SMILES string of the molecule is CC1(C)CC(=O)c2cc(C(=O)N3CCC(OCc4ccccc4)CC3)c(=O)[nH]c2C1. The number of fused-ring (bicyclic) bond motifs is 1. The van der Waals surface area contributed by atoms with Crippen LogP contribution < -0.4 is 5.56 Å². The van der Waals surface area contributed by atoms with Crippen molar-refractivity contribution < 1.29 is 14.3 Å². The highest BCUT2D eigenvalue weighted by Crippen LogP contribution is 2.33. The number of ketones is 1. The smallest absolute Gasteiger partial charge is 0.261 e. The molecule has 2 heterocycles. The van der Waals surface area contributed by atoms with Crippen molar-refractivity contribution in [3.05, 3.63) is 69.1 Å². The van der Waals surface area contributed by atoms with Crippen LogP contribution in [0.15, 0.2) is 41.2 Å². The number of pyridine rings is 1. The van der Waals surface area contributed by atoms with Gasteiger partial charge in [0.1, 0.15) is 5.56 Å². The van der Waals surface area contributed by atoms with Gasteiger partial charge in [-0.3, -0.25) is 14.4 Å². The van der Waals surface area contributed by atoms with Crippen molar-refractivity contribution in [3.63, 3.8) is 0 Å². The van der Waals surface area contributed by atoms with Crippen molar-refractivity contribution in [2.45, 2.75) is 52.2 Å². The van der Waals surface area contributed by atoms with Crippen molar-refractivity contribution in [2.24, 2.45) is 5.41 Å². The molecule has 6 nitrogen and oxygen atoms in total. The lowest BCUT2D eigenvalue weighted by Crippen LogP contribution is -2.43. The molecule has 0 spiro atoms. The quantitative estimate of drug-likeness (QED) is 0.841. The molecule has 1 fully saturated rings. The molecule has 1 amide bonds. The van der Waals surface area contributed by atoms with Gasteiger partial charge in [0.2, 0.25) is 0 Å². The molecule has 2 aromatic rings. The lowest BCUT2D eigenvalue weighted by Gasteiger charge is -2.32. The summed E-state index contributed by atoms with van der Waals surface area (Å²) in [5.41, 5.74) is 1.73. The number of ether oxygens (including phenoxy) is 1. The number of amides is 1. The van der Waals surface area contributed by atoms with E-state index in [1.54, 1.807) is 4.90 Å². The van der Waals surface area contributed by atoms with E-state index >= 15 is 0 Å². The molecule has 1 aliphatic heterocycles. The topological polar surface area (TPSA) is 79.5 Å². The molecule has 6 heteroatoms. The summed E-state index contributed by atoms with van der Waals surface area (Å²) in [4.78, 5) is 42.6. The van der Waals surface area contributed by atoms with Gasteiger partial charge in [0.05, 0.1) is 12.7 Å². The second-order valence-corrected chi connectivity index (χ2v) is 9.13. The second-order valence-electron chi connectivity index (χ2n) is 9.13. The number of hydrogen-bond donors (Lipinski definition) is 1. The fraction of sp³-hybridized carbons (Fsp3) is 0.458. The number of aromatic nitrogens is 1. The van der Waals surface area contributed by atoms with Crippen LogP contribution in [0.1, 0.15) is 65.1 Å². The van der Waals surface area contributed by atoms with Crippen LogP contribution in [-0.4, -0.2) is 40.8 Å². The molecule has 1 aliphatic carbocycles. The van der Waals surface area contributed by atoms with Crippen molar-refractivity contribution in [3.8, 4) is 0 Å². The number of piperidine rings is 1. The minimum atomic E-state index is -0.410. The molecule has 0 radical (unpaired) electrons. The number of rotatable bonds is 4. The average molecular weight is 408 g/mol. The van der Waals surface area contributed by atoms with E-state index in [1.807, 2.05) is 44.2 Å². The fourth-order valence-electron chi connectivity index (χ4n) is 4.37. The largest absolute Gasteiger partial charge is 0.373 e. The second kappa shape index (κ2) is 8.19. The molecule has 0 unspecified atom stereocenters. The molecular weight excluding hydrogens is 380 g/mol. The molecule has 1 saturated heterocycles. The van der Waals surface area contributed by atoms with Gasteiger partial charge in [0.25, 0.3) is 11.5 Å². The summed E-state index contributed by atoms with van der Waals surface area (Å²) in [7, 11) is 0. The van der Waals surface area contributed by atoms with E-state index in [1.165, 1.54) is 6.07 Å². The standard InChI is InChI=1S/C24H28N2O4/c1-24(2)13-20-18(21(27)14-24)12-19(22(28)25-20)23(29)26-10-8-17(9-11-26)30-15-16-6-4-3-5-7-16/h3-7,12,17H,8-11,13-15H2,1-2H3,(H,25,28). The molecule has 158 valence electrons. The zero-order valence-corrected chi connectivity index (χ0v) is 17.6. The summed E-state index contributed by atoms with van der Waals surface area (Å²) < 4.78 is 5.98. The maximum Gasteiger partial charge on any atom is 0.261 e. The molecule has 2 aliphatic rings. The number of H-pyrrole nitrogens is 1. The highest BCUT2D eigenvalue weighted by atomic mass is 16.5. The first-order chi connectivity index (χ1) is 14.3. The Balaban J connectivity index is 1.40. The van der Waals surface area contributed by atoms with Gasteiger partial charge >= 0.3 is 0 Å². The van der Waals surface area contributed by atoms with Crippen LogP contribution in [0.25, 0.3) is 0 Å². The Morgan fingerprint density at radius 1 is 1.13 bits per heavy atom. The number of hydrogen-bond acceptors (Lipinski definition) is 4. The molecule has 4 rings (SSSR count). The summed E-state index contributed by atoms with van der Waals surface area (Å²) in [5, 5.41) is 0. The van der Waals surface area contributed by atoms with E-state index in [2.05, 4.69) is 4.98 Å². The number of nitrogens with one attached hydrogen (secondary N) is 1. The Bertz CT molecular complexity index is 1000. The minimum absolute atomic E-state index is 0.0143. The predicted molar refractivity (Wildman–Crippen MR) is 114 cm³/mol. The Morgan fingerprint density at radius 3 is 2.53 bits per heavy atom. The number of nitrogens with zero attached hydrogens (tertiary/aromatic N) is 1. The van der Waals surface area contributed by atoms with Gasteiger partial charge in [-0.05, 0) is 36.3 Å².